The maximum Gasteiger partial charge on any atom is 0.412 e. The second-order valence-corrected chi connectivity index (χ2v) is 6.56. The van der Waals surface area contributed by atoms with Crippen LogP contribution in [0.4, 0.5) is 4.79 Å². The SMILES string of the molecule is CC[C@@H](O)C[C@H]1COC(C)(C)N1C(=O)OC(C)(C)C. The predicted molar refractivity (Wildman–Crippen MR) is 72.8 cm³/mol. The minimum Gasteiger partial charge on any atom is -0.444 e. The number of nitrogens with zero attached hydrogens (tertiary/aromatic N) is 1. The average molecular weight is 273 g/mol. The highest BCUT2D eigenvalue weighted by Crippen LogP contribution is 2.31. The molecule has 0 radical (unpaired) electrons. The molecular formula is C14H27NO4. The van der Waals surface area contributed by atoms with Gasteiger partial charge in [-0.1, -0.05) is 6.92 Å². The molecule has 1 amide bonds. The summed E-state index contributed by atoms with van der Waals surface area (Å²) in [5, 5.41) is 9.79. The maximum absolute atomic E-state index is 12.3. The Morgan fingerprint density at radius 2 is 2.11 bits per heavy atom. The van der Waals surface area contributed by atoms with Crippen LogP contribution in [0, 0.1) is 0 Å². The number of amides is 1. The van der Waals surface area contributed by atoms with Gasteiger partial charge in [-0.05, 0) is 47.5 Å². The smallest absolute Gasteiger partial charge is 0.412 e. The molecule has 0 saturated carbocycles. The van der Waals surface area contributed by atoms with Gasteiger partial charge in [-0.3, -0.25) is 4.90 Å². The third-order valence-corrected chi connectivity index (χ3v) is 3.18. The van der Waals surface area contributed by atoms with Crippen LogP contribution >= 0.6 is 0 Å². The summed E-state index contributed by atoms with van der Waals surface area (Å²) in [7, 11) is 0. The van der Waals surface area contributed by atoms with E-state index in [0.29, 0.717) is 19.4 Å². The Labute approximate surface area is 115 Å². The first-order valence-corrected chi connectivity index (χ1v) is 6.91. The molecule has 1 aliphatic rings. The van der Waals surface area contributed by atoms with Crippen molar-refractivity contribution in [3.8, 4) is 0 Å². The number of carbonyl (C=O) groups is 1. The lowest BCUT2D eigenvalue weighted by Crippen LogP contribution is -2.50. The lowest BCUT2D eigenvalue weighted by molar-refractivity contribution is -0.0637. The van der Waals surface area contributed by atoms with Crippen LogP contribution in [-0.2, 0) is 9.47 Å². The van der Waals surface area contributed by atoms with Crippen molar-refractivity contribution in [2.24, 2.45) is 0 Å². The number of hydrogen-bond acceptors (Lipinski definition) is 4. The minimum absolute atomic E-state index is 0.139. The molecule has 1 rings (SSSR count). The van der Waals surface area contributed by atoms with Gasteiger partial charge in [0.15, 0.2) is 0 Å². The van der Waals surface area contributed by atoms with Gasteiger partial charge in [0.1, 0.15) is 11.3 Å². The third kappa shape index (κ3) is 4.35. The molecule has 0 aromatic rings. The first-order chi connectivity index (χ1) is 8.57. The molecule has 1 saturated heterocycles. The van der Waals surface area contributed by atoms with Crippen LogP contribution in [0.3, 0.4) is 0 Å². The van der Waals surface area contributed by atoms with Gasteiger partial charge >= 0.3 is 6.09 Å². The van der Waals surface area contributed by atoms with Crippen molar-refractivity contribution in [1.82, 2.24) is 4.90 Å². The molecule has 19 heavy (non-hydrogen) atoms. The van der Waals surface area contributed by atoms with Crippen molar-refractivity contribution >= 4 is 6.09 Å². The number of aliphatic hydroxyl groups is 1. The fraction of sp³-hybridized carbons (Fsp3) is 0.929. The van der Waals surface area contributed by atoms with Gasteiger partial charge in [0.2, 0.25) is 0 Å². The molecule has 112 valence electrons. The van der Waals surface area contributed by atoms with Gasteiger partial charge < -0.3 is 14.6 Å². The number of aliphatic hydroxyl groups excluding tert-OH is 1. The summed E-state index contributed by atoms with van der Waals surface area (Å²) in [4.78, 5) is 13.9. The van der Waals surface area contributed by atoms with Crippen LogP contribution in [0.1, 0.15) is 54.4 Å². The number of hydrogen-bond donors (Lipinski definition) is 1. The normalized spacial score (nSPS) is 24.4. The van der Waals surface area contributed by atoms with Gasteiger partial charge in [-0.25, -0.2) is 4.79 Å². The van der Waals surface area contributed by atoms with Gasteiger partial charge in [-0.15, -0.1) is 0 Å². The van der Waals surface area contributed by atoms with E-state index in [-0.39, 0.29) is 12.1 Å². The molecule has 0 bridgehead atoms. The lowest BCUT2D eigenvalue weighted by Gasteiger charge is -2.35. The van der Waals surface area contributed by atoms with Crippen molar-refractivity contribution < 1.29 is 19.4 Å². The van der Waals surface area contributed by atoms with E-state index < -0.39 is 17.4 Å². The average Bonchev–Trinajstić information content (AvgIpc) is 2.51. The molecule has 2 atom stereocenters. The summed E-state index contributed by atoms with van der Waals surface area (Å²) in [6, 6.07) is -0.139. The number of rotatable bonds is 3. The summed E-state index contributed by atoms with van der Waals surface area (Å²) in [6.45, 7) is 11.6. The Kier molecular flexibility index (Phi) is 4.85. The molecular weight excluding hydrogens is 246 g/mol. The van der Waals surface area contributed by atoms with E-state index in [4.69, 9.17) is 9.47 Å². The van der Waals surface area contributed by atoms with Gasteiger partial charge in [0, 0.05) is 0 Å². The minimum atomic E-state index is -0.694. The Morgan fingerprint density at radius 1 is 1.53 bits per heavy atom. The molecule has 1 aliphatic heterocycles. The fourth-order valence-electron chi connectivity index (χ4n) is 2.22. The zero-order chi connectivity index (χ0) is 14.8. The van der Waals surface area contributed by atoms with Crippen LogP contribution in [-0.4, -0.2) is 46.2 Å². The Balaban J connectivity index is 2.81. The molecule has 1 fully saturated rings. The maximum atomic E-state index is 12.3. The van der Waals surface area contributed by atoms with Crippen LogP contribution in [0.5, 0.6) is 0 Å². The molecule has 5 nitrogen and oxygen atoms in total. The molecule has 1 heterocycles. The summed E-state index contributed by atoms with van der Waals surface area (Å²) >= 11 is 0. The summed E-state index contributed by atoms with van der Waals surface area (Å²) < 4.78 is 11.1. The van der Waals surface area contributed by atoms with Crippen molar-refractivity contribution in [1.29, 1.82) is 0 Å². The van der Waals surface area contributed by atoms with Crippen molar-refractivity contribution in [3.05, 3.63) is 0 Å². The first-order valence-electron chi connectivity index (χ1n) is 6.91. The standard InChI is InChI=1S/C14H27NO4/c1-7-11(16)8-10-9-18-14(5,6)15(10)12(17)19-13(2,3)4/h10-11,16H,7-9H2,1-6H3/t10-,11+/m0/s1. The first kappa shape index (κ1) is 16.2. The second kappa shape index (κ2) is 5.67. The predicted octanol–water partition coefficient (Wildman–Crippen LogP) is 2.52. The van der Waals surface area contributed by atoms with Crippen LogP contribution in [0.25, 0.3) is 0 Å². The molecule has 0 aromatic heterocycles. The monoisotopic (exact) mass is 273 g/mol. The largest absolute Gasteiger partial charge is 0.444 e. The van der Waals surface area contributed by atoms with Gasteiger partial charge in [0.05, 0.1) is 18.8 Å². The number of carbonyl (C=O) groups excluding carboxylic acids is 1. The Morgan fingerprint density at radius 3 is 2.58 bits per heavy atom. The van der Waals surface area contributed by atoms with E-state index in [1.165, 1.54) is 0 Å². The van der Waals surface area contributed by atoms with Crippen LogP contribution < -0.4 is 0 Å². The summed E-state index contributed by atoms with van der Waals surface area (Å²) in [5.74, 6) is 0. The van der Waals surface area contributed by atoms with Gasteiger partial charge in [-0.2, -0.15) is 0 Å². The zero-order valence-electron chi connectivity index (χ0n) is 12.9. The Bertz CT molecular complexity index is 322. The quantitative estimate of drug-likeness (QED) is 0.858. The molecule has 1 N–H and O–H groups in total. The summed E-state index contributed by atoms with van der Waals surface area (Å²) in [6.07, 6.45) is 0.369. The highest BCUT2D eigenvalue weighted by Gasteiger charge is 2.45. The molecule has 5 heteroatoms. The molecule has 0 aliphatic carbocycles. The zero-order valence-corrected chi connectivity index (χ0v) is 12.9. The van der Waals surface area contributed by atoms with E-state index in [9.17, 15) is 9.90 Å². The van der Waals surface area contributed by atoms with E-state index >= 15 is 0 Å². The van der Waals surface area contributed by atoms with E-state index in [2.05, 4.69) is 0 Å². The molecule has 0 spiro atoms. The highest BCUT2D eigenvalue weighted by molar-refractivity contribution is 5.69. The topological polar surface area (TPSA) is 59.0 Å². The summed E-state index contributed by atoms with van der Waals surface area (Å²) in [5.41, 5.74) is -1.23. The van der Waals surface area contributed by atoms with Gasteiger partial charge in [0.25, 0.3) is 0 Å². The second-order valence-electron chi connectivity index (χ2n) is 6.56. The Hall–Kier alpha value is -0.810. The van der Waals surface area contributed by atoms with Crippen LogP contribution in [0.15, 0.2) is 0 Å². The lowest BCUT2D eigenvalue weighted by atomic mass is 10.1. The third-order valence-electron chi connectivity index (χ3n) is 3.18. The highest BCUT2D eigenvalue weighted by atomic mass is 16.6. The molecule has 0 unspecified atom stereocenters. The fourth-order valence-corrected chi connectivity index (χ4v) is 2.22. The van der Waals surface area contributed by atoms with E-state index in [1.807, 2.05) is 41.5 Å². The van der Waals surface area contributed by atoms with Crippen molar-refractivity contribution in [2.75, 3.05) is 6.61 Å². The molecule has 0 aromatic carbocycles. The van der Waals surface area contributed by atoms with Crippen molar-refractivity contribution in [2.45, 2.75) is 77.9 Å². The van der Waals surface area contributed by atoms with Crippen molar-refractivity contribution in [3.63, 3.8) is 0 Å². The van der Waals surface area contributed by atoms with E-state index in [1.54, 1.807) is 4.90 Å². The van der Waals surface area contributed by atoms with E-state index in [0.717, 1.165) is 0 Å². The number of ether oxygens (including phenoxy) is 2. The van der Waals surface area contributed by atoms with Crippen LogP contribution in [0.2, 0.25) is 0 Å².